The summed E-state index contributed by atoms with van der Waals surface area (Å²) >= 11 is 0. The predicted molar refractivity (Wildman–Crippen MR) is 137 cm³/mol. The topological polar surface area (TPSA) is 98.7 Å². The van der Waals surface area contributed by atoms with E-state index < -0.39 is 11.7 Å². The normalized spacial score (nSPS) is 10.6. The van der Waals surface area contributed by atoms with Gasteiger partial charge in [0, 0.05) is 23.0 Å². The highest BCUT2D eigenvalue weighted by Gasteiger charge is 2.27. The van der Waals surface area contributed by atoms with Crippen molar-refractivity contribution in [3.63, 3.8) is 0 Å². The minimum absolute atomic E-state index is 0.209. The van der Waals surface area contributed by atoms with Crippen molar-refractivity contribution in [1.29, 1.82) is 0 Å². The van der Waals surface area contributed by atoms with E-state index in [0.29, 0.717) is 5.82 Å². The van der Waals surface area contributed by atoms with Crippen LogP contribution in [0, 0.1) is 27.7 Å². The number of rotatable bonds is 5. The molecule has 8 nitrogen and oxygen atoms in total. The maximum atomic E-state index is 13.3. The third-order valence-electron chi connectivity index (χ3n) is 5.34. The van der Waals surface area contributed by atoms with E-state index in [-0.39, 0.29) is 12.7 Å². The van der Waals surface area contributed by atoms with Gasteiger partial charge in [-0.05, 0) is 77.3 Å². The van der Waals surface area contributed by atoms with Crippen molar-refractivity contribution < 1.29 is 23.9 Å². The summed E-state index contributed by atoms with van der Waals surface area (Å²) in [5.74, 6) is 1.28. The Balaban J connectivity index is 0.00000145. The fraction of sp³-hybridized carbons (Fsp3) is 0.357. The van der Waals surface area contributed by atoms with Crippen LogP contribution in [0.15, 0.2) is 42.6 Å². The molecule has 0 N–H and O–H groups in total. The Hall–Kier alpha value is -4.03. The molecule has 0 unspecified atom stereocenters. The average Bonchev–Trinajstić information content (AvgIpc) is 2.78. The van der Waals surface area contributed by atoms with E-state index in [0.717, 1.165) is 45.0 Å². The van der Waals surface area contributed by atoms with Gasteiger partial charge in [-0.3, -0.25) is 9.88 Å². The maximum absolute atomic E-state index is 13.3. The number of amides is 1. The van der Waals surface area contributed by atoms with E-state index >= 15 is 0 Å². The number of ether oxygens (including phenoxy) is 2. The van der Waals surface area contributed by atoms with Gasteiger partial charge in [0.2, 0.25) is 0 Å². The van der Waals surface area contributed by atoms with Crippen LogP contribution < -0.4 is 9.64 Å². The number of nitrogens with zero attached hydrogens (tertiary/aromatic N) is 3. The molecule has 190 valence electrons. The zero-order valence-electron chi connectivity index (χ0n) is 22.1. The number of carbonyl (C=O) groups excluding carboxylic acids is 3. The molecule has 0 fully saturated rings. The minimum Gasteiger partial charge on any atom is -0.496 e. The van der Waals surface area contributed by atoms with Crippen LogP contribution in [0.2, 0.25) is 0 Å². The monoisotopic (exact) mass is 491 g/mol. The number of methoxy groups -OCH3 is 1. The Morgan fingerprint density at radius 2 is 1.67 bits per heavy atom. The van der Waals surface area contributed by atoms with E-state index in [1.54, 1.807) is 18.2 Å². The Morgan fingerprint density at radius 1 is 1.03 bits per heavy atom. The van der Waals surface area contributed by atoms with Gasteiger partial charge in [-0.25, -0.2) is 9.78 Å². The van der Waals surface area contributed by atoms with Crippen molar-refractivity contribution in [2.45, 2.75) is 60.6 Å². The highest BCUT2D eigenvalue weighted by atomic mass is 16.6. The van der Waals surface area contributed by atoms with Crippen molar-refractivity contribution in [1.82, 2.24) is 9.97 Å². The molecule has 0 aliphatic heterocycles. The number of pyridine rings is 2. The lowest BCUT2D eigenvalue weighted by molar-refractivity contribution is -0.191. The molecule has 2 aromatic heterocycles. The molecule has 0 saturated heterocycles. The fourth-order valence-corrected chi connectivity index (χ4v) is 3.78. The van der Waals surface area contributed by atoms with Crippen LogP contribution >= 0.6 is 0 Å². The largest absolute Gasteiger partial charge is 0.496 e. The summed E-state index contributed by atoms with van der Waals surface area (Å²) in [5, 5.41) is 0. The molecular formula is C28H33N3O5. The molecular weight excluding hydrogens is 458 g/mol. The Bertz CT molecular complexity index is 1260. The van der Waals surface area contributed by atoms with Crippen LogP contribution in [-0.4, -0.2) is 34.9 Å². The SMILES string of the molecule is COc1c(C)cnc(CN(C(=O)OC(C)(C)C)c2cc(-c3ccccc3C)cc(C)n2)c1C.O=C=O. The summed E-state index contributed by atoms with van der Waals surface area (Å²) in [6, 6.07) is 12.1. The van der Waals surface area contributed by atoms with E-state index in [1.165, 1.54) is 0 Å². The molecule has 0 radical (unpaired) electrons. The first-order chi connectivity index (χ1) is 16.9. The van der Waals surface area contributed by atoms with E-state index in [2.05, 4.69) is 24.0 Å². The number of hydrogen-bond donors (Lipinski definition) is 0. The molecule has 0 aliphatic carbocycles. The third-order valence-corrected chi connectivity index (χ3v) is 5.34. The van der Waals surface area contributed by atoms with Crippen molar-refractivity contribution in [3.05, 3.63) is 70.7 Å². The first kappa shape index (κ1) is 28.2. The van der Waals surface area contributed by atoms with Gasteiger partial charge in [0.25, 0.3) is 0 Å². The first-order valence-corrected chi connectivity index (χ1v) is 11.4. The van der Waals surface area contributed by atoms with Crippen molar-refractivity contribution in [3.8, 4) is 16.9 Å². The summed E-state index contributed by atoms with van der Waals surface area (Å²) in [6.45, 7) is 13.7. The summed E-state index contributed by atoms with van der Waals surface area (Å²) in [4.78, 5) is 40.4. The lowest BCUT2D eigenvalue weighted by Crippen LogP contribution is -2.37. The van der Waals surface area contributed by atoms with Gasteiger partial charge in [-0.1, -0.05) is 24.3 Å². The second kappa shape index (κ2) is 12.1. The van der Waals surface area contributed by atoms with Crippen LogP contribution in [0.4, 0.5) is 10.6 Å². The minimum atomic E-state index is -0.647. The standard InChI is InChI=1S/C27H33N3O3.CO2/c1-17-11-9-10-12-22(17)21-13-19(3)29-24(14-21)30(26(31)33-27(5,6)7)16-23-20(4)25(32-8)18(2)15-28-23;2-1-3/h9-15H,16H2,1-8H3;. The average molecular weight is 492 g/mol. The number of benzene rings is 1. The van der Waals surface area contributed by atoms with E-state index in [1.807, 2.05) is 65.8 Å². The molecule has 2 heterocycles. The van der Waals surface area contributed by atoms with Crippen molar-refractivity contribution in [2.24, 2.45) is 0 Å². The number of carbonyl (C=O) groups is 1. The molecule has 8 heteroatoms. The highest BCUT2D eigenvalue weighted by Crippen LogP contribution is 2.30. The van der Waals surface area contributed by atoms with E-state index in [9.17, 15) is 4.79 Å². The fourth-order valence-electron chi connectivity index (χ4n) is 3.78. The molecule has 1 amide bonds. The molecule has 0 spiro atoms. The van der Waals surface area contributed by atoms with Crippen LogP contribution in [-0.2, 0) is 20.9 Å². The van der Waals surface area contributed by atoms with Gasteiger partial charge in [0.05, 0.1) is 19.3 Å². The zero-order valence-corrected chi connectivity index (χ0v) is 22.1. The predicted octanol–water partition coefficient (Wildman–Crippen LogP) is 5.74. The molecule has 0 aliphatic rings. The Kier molecular flexibility index (Phi) is 9.47. The Morgan fingerprint density at radius 3 is 2.25 bits per heavy atom. The number of aryl methyl sites for hydroxylation is 3. The first-order valence-electron chi connectivity index (χ1n) is 11.4. The van der Waals surface area contributed by atoms with Crippen LogP contribution in [0.25, 0.3) is 11.1 Å². The smallest absolute Gasteiger partial charge is 0.416 e. The van der Waals surface area contributed by atoms with E-state index in [4.69, 9.17) is 24.0 Å². The van der Waals surface area contributed by atoms with Gasteiger partial charge in [-0.2, -0.15) is 9.59 Å². The number of hydrogen-bond acceptors (Lipinski definition) is 7. The van der Waals surface area contributed by atoms with Crippen LogP contribution in [0.3, 0.4) is 0 Å². The van der Waals surface area contributed by atoms with Crippen LogP contribution in [0.5, 0.6) is 5.75 Å². The molecule has 1 aromatic carbocycles. The summed E-state index contributed by atoms with van der Waals surface area (Å²) in [5.41, 5.74) is 5.96. The lowest BCUT2D eigenvalue weighted by Gasteiger charge is -2.28. The summed E-state index contributed by atoms with van der Waals surface area (Å²) in [7, 11) is 1.64. The van der Waals surface area contributed by atoms with Gasteiger partial charge in [-0.15, -0.1) is 0 Å². The van der Waals surface area contributed by atoms with Gasteiger partial charge >= 0.3 is 12.2 Å². The van der Waals surface area contributed by atoms with Gasteiger partial charge < -0.3 is 9.47 Å². The summed E-state index contributed by atoms with van der Waals surface area (Å²) in [6.07, 6.45) is 1.54. The second-order valence-electron chi connectivity index (χ2n) is 9.37. The maximum Gasteiger partial charge on any atom is 0.416 e. The molecule has 36 heavy (non-hydrogen) atoms. The number of aromatic nitrogens is 2. The molecule has 3 rings (SSSR count). The number of anilines is 1. The molecule has 3 aromatic rings. The quantitative estimate of drug-likeness (QED) is 0.448. The molecule has 0 atom stereocenters. The summed E-state index contributed by atoms with van der Waals surface area (Å²) < 4.78 is 11.3. The van der Waals surface area contributed by atoms with Crippen molar-refractivity contribution in [2.75, 3.05) is 12.0 Å². The molecule has 0 saturated carbocycles. The van der Waals surface area contributed by atoms with Gasteiger partial charge in [0.15, 0.2) is 0 Å². The zero-order chi connectivity index (χ0) is 27.0. The van der Waals surface area contributed by atoms with Crippen LogP contribution in [0.1, 0.15) is 48.8 Å². The van der Waals surface area contributed by atoms with Crippen molar-refractivity contribution >= 4 is 18.1 Å². The molecule has 0 bridgehead atoms. The Labute approximate surface area is 212 Å². The third kappa shape index (κ3) is 7.23. The second-order valence-corrected chi connectivity index (χ2v) is 9.37. The lowest BCUT2D eigenvalue weighted by atomic mass is 10.0. The van der Waals surface area contributed by atoms with Gasteiger partial charge in [0.1, 0.15) is 17.2 Å². The highest BCUT2D eigenvalue weighted by molar-refractivity contribution is 5.88.